The van der Waals surface area contributed by atoms with Crippen LogP contribution in [-0.4, -0.2) is 119 Å². The smallest absolute Gasteiger partial charge is 0.119 e. The van der Waals surface area contributed by atoms with Gasteiger partial charge in [0.05, 0.1) is 12.7 Å². The molecule has 0 bridgehead atoms. The highest BCUT2D eigenvalue weighted by atomic mass is 16.5. The van der Waals surface area contributed by atoms with Gasteiger partial charge >= 0.3 is 0 Å². The van der Waals surface area contributed by atoms with Crippen molar-refractivity contribution >= 4 is 11.1 Å². The fourth-order valence-corrected chi connectivity index (χ4v) is 6.68. The van der Waals surface area contributed by atoms with Crippen molar-refractivity contribution in [1.29, 1.82) is 0 Å². The van der Waals surface area contributed by atoms with E-state index in [0.29, 0.717) is 32.4 Å². The van der Waals surface area contributed by atoms with Gasteiger partial charge in [-0.05, 0) is 105 Å². The number of aliphatic hydroxyl groups is 1. The van der Waals surface area contributed by atoms with Crippen LogP contribution in [0.5, 0.6) is 5.75 Å². The fraction of sp³-hybridized carbons (Fsp3) is 0.535. The van der Waals surface area contributed by atoms with Crippen LogP contribution in [0.1, 0.15) is 63.1 Å². The molecular weight excluding hydrogens is 635 g/mol. The zero-order valence-corrected chi connectivity index (χ0v) is 31.6. The van der Waals surface area contributed by atoms with Gasteiger partial charge in [0, 0.05) is 51.9 Å². The Kier molecular flexibility index (Phi) is 19.3. The summed E-state index contributed by atoms with van der Waals surface area (Å²) in [5.74, 6) is 0.894. The molecule has 0 saturated carbocycles. The van der Waals surface area contributed by atoms with Crippen LogP contribution < -0.4 is 20.7 Å². The molecule has 0 spiro atoms. The van der Waals surface area contributed by atoms with Crippen molar-refractivity contribution < 1.29 is 14.6 Å². The number of allylic oxidation sites excluding steroid dienone is 1. The Bertz CT molecular complexity index is 1350. The largest absolute Gasteiger partial charge is 0.492 e. The molecule has 280 valence electrons. The summed E-state index contributed by atoms with van der Waals surface area (Å²) in [5, 5.41) is 21.7. The molecule has 3 aromatic rings. The third-order valence-corrected chi connectivity index (χ3v) is 9.68. The van der Waals surface area contributed by atoms with Crippen molar-refractivity contribution in [3.05, 3.63) is 102 Å². The quantitative estimate of drug-likeness (QED) is 0.104. The number of nitrogens with one attached hydrogen (secondary N) is 3. The van der Waals surface area contributed by atoms with Crippen LogP contribution in [-0.2, 0) is 4.74 Å². The summed E-state index contributed by atoms with van der Waals surface area (Å²) in [5.41, 5.74) is 6.09. The second kappa shape index (κ2) is 24.2. The van der Waals surface area contributed by atoms with Crippen molar-refractivity contribution in [2.24, 2.45) is 0 Å². The van der Waals surface area contributed by atoms with Crippen LogP contribution in [0.3, 0.4) is 0 Å². The van der Waals surface area contributed by atoms with Crippen molar-refractivity contribution in [1.82, 2.24) is 25.8 Å². The summed E-state index contributed by atoms with van der Waals surface area (Å²) in [6.45, 7) is 18.7. The average Bonchev–Trinajstić information content (AvgIpc) is 3.16. The number of hydrogen-bond donors (Lipinski definition) is 4. The lowest BCUT2D eigenvalue weighted by atomic mass is 9.87. The number of aliphatic hydroxyl groups excluding tert-OH is 1. The molecule has 1 heterocycles. The molecule has 1 saturated heterocycles. The SMILES string of the molecule is CCN(CC)CCOc1ccc(/C(=C(/CCCOCC(O)CN2CCCNCCNC(C)CCNCC2)c2ccccc2)c2ccccc2)cc1. The van der Waals surface area contributed by atoms with Crippen molar-refractivity contribution in [3.63, 3.8) is 0 Å². The van der Waals surface area contributed by atoms with Crippen molar-refractivity contribution in [2.45, 2.75) is 58.6 Å². The molecule has 0 amide bonds. The first-order chi connectivity index (χ1) is 25.1. The highest BCUT2D eigenvalue weighted by molar-refractivity contribution is 5.98. The van der Waals surface area contributed by atoms with Gasteiger partial charge in [-0.3, -0.25) is 4.90 Å². The van der Waals surface area contributed by atoms with Gasteiger partial charge < -0.3 is 35.4 Å². The minimum absolute atomic E-state index is 0.344. The Morgan fingerprint density at radius 2 is 1.49 bits per heavy atom. The van der Waals surface area contributed by atoms with E-state index in [1.54, 1.807) is 0 Å². The van der Waals surface area contributed by atoms with Gasteiger partial charge in [-0.2, -0.15) is 0 Å². The zero-order valence-electron chi connectivity index (χ0n) is 31.6. The maximum Gasteiger partial charge on any atom is 0.119 e. The third kappa shape index (κ3) is 15.2. The number of β-amino-alcohol motifs (C(OH)–C–C–N with tert-alkyl or cyclic N) is 1. The normalized spacial score (nSPS) is 18.2. The van der Waals surface area contributed by atoms with Gasteiger partial charge in [-0.1, -0.05) is 86.6 Å². The molecule has 4 rings (SSSR count). The molecule has 4 N–H and O–H groups in total. The molecule has 51 heavy (non-hydrogen) atoms. The Labute approximate surface area is 308 Å². The molecule has 0 aromatic heterocycles. The van der Waals surface area contributed by atoms with E-state index in [4.69, 9.17) is 9.47 Å². The third-order valence-electron chi connectivity index (χ3n) is 9.68. The number of rotatable bonds is 17. The van der Waals surface area contributed by atoms with E-state index >= 15 is 0 Å². The van der Waals surface area contributed by atoms with Gasteiger partial charge in [0.15, 0.2) is 0 Å². The minimum atomic E-state index is -0.516. The maximum atomic E-state index is 11.0. The summed E-state index contributed by atoms with van der Waals surface area (Å²) in [7, 11) is 0. The molecule has 8 nitrogen and oxygen atoms in total. The number of nitrogens with zero attached hydrogens (tertiary/aromatic N) is 2. The molecule has 1 fully saturated rings. The maximum absolute atomic E-state index is 11.0. The molecule has 2 unspecified atom stereocenters. The Morgan fingerprint density at radius 1 is 0.804 bits per heavy atom. The monoisotopic (exact) mass is 700 g/mol. The highest BCUT2D eigenvalue weighted by Gasteiger charge is 2.16. The van der Waals surface area contributed by atoms with Crippen LogP contribution in [0.15, 0.2) is 84.9 Å². The van der Waals surface area contributed by atoms with Crippen molar-refractivity contribution in [2.75, 3.05) is 91.8 Å². The lowest BCUT2D eigenvalue weighted by Crippen LogP contribution is -2.42. The first-order valence-electron chi connectivity index (χ1n) is 19.5. The van der Waals surface area contributed by atoms with E-state index in [2.05, 4.69) is 131 Å². The molecule has 1 aliphatic rings. The lowest BCUT2D eigenvalue weighted by molar-refractivity contribution is 0.0162. The van der Waals surface area contributed by atoms with E-state index in [0.717, 1.165) is 96.9 Å². The van der Waals surface area contributed by atoms with Crippen LogP contribution in [0, 0.1) is 0 Å². The van der Waals surface area contributed by atoms with Gasteiger partial charge in [0.1, 0.15) is 12.4 Å². The Balaban J connectivity index is 1.38. The summed E-state index contributed by atoms with van der Waals surface area (Å²) in [6, 6.07) is 30.5. The summed E-state index contributed by atoms with van der Waals surface area (Å²) in [4.78, 5) is 4.75. The number of likely N-dealkylation sites (N-methyl/N-ethyl adjacent to an activating group) is 1. The van der Waals surface area contributed by atoms with Gasteiger partial charge in [-0.25, -0.2) is 0 Å². The van der Waals surface area contributed by atoms with Gasteiger partial charge in [0.25, 0.3) is 0 Å². The van der Waals surface area contributed by atoms with Gasteiger partial charge in [0.2, 0.25) is 0 Å². The van der Waals surface area contributed by atoms with Crippen LogP contribution in [0.25, 0.3) is 11.1 Å². The van der Waals surface area contributed by atoms with Crippen LogP contribution in [0.2, 0.25) is 0 Å². The summed E-state index contributed by atoms with van der Waals surface area (Å²) >= 11 is 0. The van der Waals surface area contributed by atoms with Crippen LogP contribution in [0.4, 0.5) is 0 Å². The fourth-order valence-electron chi connectivity index (χ4n) is 6.68. The number of benzene rings is 3. The standard InChI is InChI=1S/C43H65N5O3/c1-4-47(5-2)31-33-51-41-21-19-39(20-22-41)43(38-16-10-7-11-17-38)42(37-14-8-6-9-15-37)18-12-32-50-35-40(49)34-48-29-13-24-44-26-27-46-36(3)23-25-45-28-30-48/h6-11,14-17,19-22,36,40,44-46,49H,4-5,12-13,18,23-35H2,1-3H3/b43-42-. The second-order valence-electron chi connectivity index (χ2n) is 13.6. The molecule has 2 atom stereocenters. The summed E-state index contributed by atoms with van der Waals surface area (Å²) < 4.78 is 12.2. The predicted molar refractivity (Wildman–Crippen MR) is 213 cm³/mol. The Morgan fingerprint density at radius 3 is 2.22 bits per heavy atom. The highest BCUT2D eigenvalue weighted by Crippen LogP contribution is 2.35. The first kappa shape index (κ1) is 40.7. The number of ether oxygens (including phenoxy) is 2. The molecule has 8 heteroatoms. The number of hydrogen-bond acceptors (Lipinski definition) is 8. The summed E-state index contributed by atoms with van der Waals surface area (Å²) in [6.07, 6.45) is 3.37. The van der Waals surface area contributed by atoms with E-state index in [9.17, 15) is 5.11 Å². The topological polar surface area (TPSA) is 81.3 Å². The van der Waals surface area contributed by atoms with E-state index in [1.807, 2.05) is 0 Å². The van der Waals surface area contributed by atoms with Gasteiger partial charge in [-0.15, -0.1) is 0 Å². The Hall–Kier alpha value is -3.08. The van der Waals surface area contributed by atoms with Crippen LogP contribution >= 0.6 is 0 Å². The first-order valence-corrected chi connectivity index (χ1v) is 19.5. The minimum Gasteiger partial charge on any atom is -0.492 e. The molecule has 0 radical (unpaired) electrons. The molecular formula is C43H65N5O3. The second-order valence-corrected chi connectivity index (χ2v) is 13.6. The zero-order chi connectivity index (χ0) is 35.9. The predicted octanol–water partition coefficient (Wildman–Crippen LogP) is 5.78. The molecule has 3 aromatic carbocycles. The van der Waals surface area contributed by atoms with E-state index < -0.39 is 6.10 Å². The lowest BCUT2D eigenvalue weighted by Gasteiger charge is -2.26. The molecule has 1 aliphatic heterocycles. The molecule has 0 aliphatic carbocycles. The van der Waals surface area contributed by atoms with E-state index in [1.165, 1.54) is 27.8 Å². The average molecular weight is 700 g/mol. The van der Waals surface area contributed by atoms with E-state index in [-0.39, 0.29) is 0 Å². The van der Waals surface area contributed by atoms with Crippen molar-refractivity contribution in [3.8, 4) is 5.75 Å².